The molecule has 9 heteroatoms. The molecule has 4 rings (SSSR count). The first-order chi connectivity index (χ1) is 14.1. The first-order valence-corrected chi connectivity index (χ1v) is 10.4. The first kappa shape index (κ1) is 20.8. The highest BCUT2D eigenvalue weighted by Gasteiger charge is 2.14. The van der Waals surface area contributed by atoms with Crippen LogP contribution in [0.2, 0.25) is 0 Å². The van der Waals surface area contributed by atoms with Gasteiger partial charge in [0.15, 0.2) is 5.65 Å². The van der Waals surface area contributed by atoms with Gasteiger partial charge in [0.25, 0.3) is 6.43 Å². The molecule has 0 aliphatic rings. The predicted molar refractivity (Wildman–Crippen MR) is 112 cm³/mol. The minimum absolute atomic E-state index is 0.318. The van der Waals surface area contributed by atoms with E-state index in [4.69, 9.17) is 5.73 Å². The van der Waals surface area contributed by atoms with E-state index in [1.807, 2.05) is 36.8 Å². The number of benzene rings is 1. The minimum Gasteiger partial charge on any atom is -0.326 e. The van der Waals surface area contributed by atoms with Crippen molar-refractivity contribution in [1.82, 2.24) is 24.6 Å². The molecule has 0 amide bonds. The molecule has 0 saturated carbocycles. The lowest BCUT2D eigenvalue weighted by Gasteiger charge is -2.06. The Morgan fingerprint density at radius 1 is 1.03 bits per heavy atom. The second kappa shape index (κ2) is 9.53. The van der Waals surface area contributed by atoms with E-state index in [0.717, 1.165) is 11.1 Å². The molecule has 0 radical (unpaired) electrons. The van der Waals surface area contributed by atoms with Crippen LogP contribution in [0.3, 0.4) is 0 Å². The SMILES string of the molecule is CSC.NCc1cccc(-c2cc(-c3cnc4ccc(C(F)F)nn34)ncn2)c1. The number of thioether (sulfide) groups is 1. The van der Waals surface area contributed by atoms with Gasteiger partial charge in [-0.15, -0.1) is 0 Å². The minimum atomic E-state index is -2.66. The van der Waals surface area contributed by atoms with Gasteiger partial charge in [-0.1, -0.05) is 18.2 Å². The maximum Gasteiger partial charge on any atom is 0.282 e. The van der Waals surface area contributed by atoms with Crippen LogP contribution in [0.5, 0.6) is 0 Å². The Balaban J connectivity index is 0.000000755. The van der Waals surface area contributed by atoms with Gasteiger partial charge in [-0.2, -0.15) is 16.9 Å². The van der Waals surface area contributed by atoms with Crippen molar-refractivity contribution < 1.29 is 8.78 Å². The van der Waals surface area contributed by atoms with Crippen molar-refractivity contribution in [3.05, 3.63) is 66.2 Å². The highest BCUT2D eigenvalue weighted by atomic mass is 32.2. The molecule has 0 spiro atoms. The summed E-state index contributed by atoms with van der Waals surface area (Å²) in [5.41, 5.74) is 9.48. The molecule has 0 bridgehead atoms. The number of imidazole rings is 1. The molecule has 2 N–H and O–H groups in total. The number of alkyl halides is 2. The average Bonchev–Trinajstić information content (AvgIpc) is 3.18. The molecule has 0 fully saturated rings. The van der Waals surface area contributed by atoms with Crippen LogP contribution in [-0.2, 0) is 6.54 Å². The van der Waals surface area contributed by atoms with E-state index >= 15 is 0 Å². The Morgan fingerprint density at radius 2 is 1.79 bits per heavy atom. The van der Waals surface area contributed by atoms with Crippen molar-refractivity contribution in [1.29, 1.82) is 0 Å². The molecule has 4 aromatic rings. The number of hydrogen-bond acceptors (Lipinski definition) is 6. The van der Waals surface area contributed by atoms with E-state index in [9.17, 15) is 8.78 Å². The molecular formula is C20H20F2N6S. The number of fused-ring (bicyclic) bond motifs is 1. The third-order valence-electron chi connectivity index (χ3n) is 3.99. The zero-order valence-corrected chi connectivity index (χ0v) is 16.8. The monoisotopic (exact) mass is 414 g/mol. The lowest BCUT2D eigenvalue weighted by Crippen LogP contribution is -2.01. The average molecular weight is 414 g/mol. The molecular weight excluding hydrogens is 394 g/mol. The topological polar surface area (TPSA) is 82.0 Å². The number of rotatable bonds is 4. The molecule has 150 valence electrons. The van der Waals surface area contributed by atoms with Gasteiger partial charge >= 0.3 is 0 Å². The Morgan fingerprint density at radius 3 is 2.52 bits per heavy atom. The Bertz CT molecular complexity index is 1100. The molecule has 29 heavy (non-hydrogen) atoms. The van der Waals surface area contributed by atoms with Gasteiger partial charge in [0.05, 0.1) is 17.6 Å². The fourth-order valence-electron chi connectivity index (χ4n) is 2.69. The van der Waals surface area contributed by atoms with E-state index in [0.29, 0.717) is 29.3 Å². The van der Waals surface area contributed by atoms with E-state index in [-0.39, 0.29) is 5.69 Å². The Labute approximate surface area is 171 Å². The van der Waals surface area contributed by atoms with E-state index < -0.39 is 6.43 Å². The predicted octanol–water partition coefficient (Wildman–Crippen LogP) is 4.23. The van der Waals surface area contributed by atoms with Crippen LogP contribution in [0.1, 0.15) is 17.7 Å². The number of halogens is 2. The Hall–Kier alpha value is -2.91. The van der Waals surface area contributed by atoms with Gasteiger partial charge in [0.1, 0.15) is 17.7 Å². The fraction of sp³-hybridized carbons (Fsp3) is 0.200. The maximum atomic E-state index is 13.0. The molecule has 3 aromatic heterocycles. The Kier molecular flexibility index (Phi) is 6.84. The zero-order chi connectivity index (χ0) is 20.8. The van der Waals surface area contributed by atoms with E-state index in [2.05, 4.69) is 20.1 Å². The fourth-order valence-corrected chi connectivity index (χ4v) is 2.69. The highest BCUT2D eigenvalue weighted by Crippen LogP contribution is 2.25. The number of hydrogen-bond donors (Lipinski definition) is 1. The van der Waals surface area contributed by atoms with Crippen LogP contribution >= 0.6 is 11.8 Å². The maximum absolute atomic E-state index is 13.0. The summed E-state index contributed by atoms with van der Waals surface area (Å²) in [6, 6.07) is 12.3. The molecule has 0 unspecified atom stereocenters. The van der Waals surface area contributed by atoms with E-state index in [1.165, 1.54) is 23.0 Å². The molecule has 0 aliphatic carbocycles. The smallest absolute Gasteiger partial charge is 0.282 e. The van der Waals surface area contributed by atoms with Crippen molar-refractivity contribution in [2.75, 3.05) is 12.5 Å². The van der Waals surface area contributed by atoms with Gasteiger partial charge in [-0.3, -0.25) is 0 Å². The van der Waals surface area contributed by atoms with Crippen molar-refractivity contribution >= 4 is 17.4 Å². The van der Waals surface area contributed by atoms with Crippen LogP contribution in [0.15, 0.2) is 55.0 Å². The lowest BCUT2D eigenvalue weighted by atomic mass is 10.1. The molecule has 0 atom stereocenters. The summed E-state index contributed by atoms with van der Waals surface area (Å²) in [4.78, 5) is 12.8. The number of aromatic nitrogens is 5. The van der Waals surface area contributed by atoms with Gasteiger partial charge < -0.3 is 5.73 Å². The van der Waals surface area contributed by atoms with Gasteiger partial charge in [0.2, 0.25) is 0 Å². The molecule has 0 aliphatic heterocycles. The summed E-state index contributed by atoms with van der Waals surface area (Å²) in [6.45, 7) is 0.430. The summed E-state index contributed by atoms with van der Waals surface area (Å²) >= 11 is 1.75. The van der Waals surface area contributed by atoms with E-state index in [1.54, 1.807) is 24.0 Å². The van der Waals surface area contributed by atoms with Crippen molar-refractivity contribution in [3.63, 3.8) is 0 Å². The summed E-state index contributed by atoms with van der Waals surface area (Å²) in [7, 11) is 0. The van der Waals surface area contributed by atoms with Crippen molar-refractivity contribution in [2.24, 2.45) is 5.73 Å². The quantitative estimate of drug-likeness (QED) is 0.538. The van der Waals surface area contributed by atoms with Gasteiger partial charge in [-0.25, -0.2) is 28.2 Å². The van der Waals surface area contributed by atoms with Crippen LogP contribution in [0.25, 0.3) is 28.3 Å². The van der Waals surface area contributed by atoms with Crippen LogP contribution < -0.4 is 5.73 Å². The number of nitrogens with two attached hydrogens (primary N) is 1. The molecule has 1 aromatic carbocycles. The van der Waals surface area contributed by atoms with Crippen LogP contribution in [0, 0.1) is 0 Å². The highest BCUT2D eigenvalue weighted by molar-refractivity contribution is 7.97. The third kappa shape index (κ3) is 4.75. The zero-order valence-electron chi connectivity index (χ0n) is 16.0. The van der Waals surface area contributed by atoms with Gasteiger partial charge in [-0.05, 0) is 42.3 Å². The summed E-state index contributed by atoms with van der Waals surface area (Å²) in [6.07, 6.45) is 4.41. The molecule has 0 saturated heterocycles. The standard InChI is InChI=1S/C18H14F2N6.C2H6S/c19-18(20)13-4-5-17-22-9-16(26(17)25-13)15-7-14(23-10-24-15)12-3-1-2-11(6-12)8-21;1-3-2/h1-7,9-10,18H,8,21H2;1-2H3. The van der Waals surface area contributed by atoms with Crippen molar-refractivity contribution in [3.8, 4) is 22.6 Å². The first-order valence-electron chi connectivity index (χ1n) is 8.72. The summed E-state index contributed by atoms with van der Waals surface area (Å²) < 4.78 is 27.3. The molecule has 6 nitrogen and oxygen atoms in total. The largest absolute Gasteiger partial charge is 0.326 e. The summed E-state index contributed by atoms with van der Waals surface area (Å²) in [5.74, 6) is 0. The van der Waals surface area contributed by atoms with Gasteiger partial charge in [0, 0.05) is 12.1 Å². The summed E-state index contributed by atoms with van der Waals surface area (Å²) in [5, 5.41) is 3.97. The molecule has 3 heterocycles. The second-order valence-electron chi connectivity index (χ2n) is 6.07. The normalized spacial score (nSPS) is 10.8. The van der Waals surface area contributed by atoms with Crippen molar-refractivity contribution in [2.45, 2.75) is 13.0 Å². The second-order valence-corrected chi connectivity index (χ2v) is 6.89. The lowest BCUT2D eigenvalue weighted by molar-refractivity contribution is 0.144. The van der Waals surface area contributed by atoms with Crippen LogP contribution in [-0.4, -0.2) is 37.1 Å². The van der Waals surface area contributed by atoms with Crippen LogP contribution in [0.4, 0.5) is 8.78 Å². The number of nitrogens with zero attached hydrogens (tertiary/aromatic N) is 5. The third-order valence-corrected chi connectivity index (χ3v) is 3.99.